The van der Waals surface area contributed by atoms with E-state index in [1.54, 1.807) is 36.2 Å². The first kappa shape index (κ1) is 45.4. The zero-order chi connectivity index (χ0) is 46.2. The average molecular weight is 932 g/mol. The van der Waals surface area contributed by atoms with Crippen LogP contribution < -0.4 is 25.2 Å². The number of fused-ring (bicyclic) bond motifs is 1. The van der Waals surface area contributed by atoms with E-state index in [1.165, 1.54) is 19.3 Å². The van der Waals surface area contributed by atoms with Crippen molar-refractivity contribution in [1.29, 1.82) is 0 Å². The van der Waals surface area contributed by atoms with E-state index in [-0.39, 0.29) is 60.3 Å². The van der Waals surface area contributed by atoms with Gasteiger partial charge in [-0.05, 0) is 73.4 Å². The quantitative estimate of drug-likeness (QED) is 0.0760. The number of amides is 3. The molecule has 2 aromatic heterocycles. The summed E-state index contributed by atoms with van der Waals surface area (Å²) in [6, 6.07) is 15.7. The Morgan fingerprint density at radius 1 is 0.954 bits per heavy atom. The summed E-state index contributed by atoms with van der Waals surface area (Å²) in [4.78, 5) is 64.0. The number of piperazine rings is 1. The number of aromatic nitrogens is 2. The van der Waals surface area contributed by atoms with Crippen LogP contribution in [0, 0.1) is 11.6 Å². The van der Waals surface area contributed by atoms with E-state index in [0.717, 1.165) is 27.7 Å². The van der Waals surface area contributed by atoms with Gasteiger partial charge in [0.1, 0.15) is 23.3 Å². The van der Waals surface area contributed by atoms with Gasteiger partial charge in [-0.15, -0.1) is 0 Å². The zero-order valence-corrected chi connectivity index (χ0v) is 37.2. The Balaban J connectivity index is 0.851. The molecule has 16 nitrogen and oxygen atoms in total. The van der Waals surface area contributed by atoms with Crippen LogP contribution in [0.2, 0.25) is 5.02 Å². The second-order valence-electron chi connectivity index (χ2n) is 16.6. The van der Waals surface area contributed by atoms with Gasteiger partial charge in [0.15, 0.2) is 5.78 Å². The molecule has 3 aliphatic heterocycles. The van der Waals surface area contributed by atoms with Crippen molar-refractivity contribution in [2.45, 2.75) is 50.7 Å². The molecule has 3 saturated heterocycles. The SMILES string of the molecule is CCN(C)S(=O)(=O)Nc1ccc(F)c(C(=O)c2c[nH]c3ncc(-c4ccc(N5CCN(C(=O)CC6(O)CCN(c7ccc(NC8CCC(=O)NC8=O)cc7F)CC6)CC5)cc4)cc23)c1Cl. The van der Waals surface area contributed by atoms with E-state index >= 15 is 8.78 Å². The third-order valence-electron chi connectivity index (χ3n) is 12.4. The first-order valence-electron chi connectivity index (χ1n) is 21.3. The number of carbonyl (C=O) groups is 4. The molecule has 5 N–H and O–H groups in total. The Labute approximate surface area is 379 Å². The highest BCUT2D eigenvalue weighted by molar-refractivity contribution is 7.90. The van der Waals surface area contributed by atoms with Gasteiger partial charge in [0.05, 0.1) is 34.0 Å². The molecule has 0 radical (unpaired) electrons. The summed E-state index contributed by atoms with van der Waals surface area (Å²) in [5.41, 5.74) is 1.86. The predicted molar refractivity (Wildman–Crippen MR) is 243 cm³/mol. The molecule has 3 aliphatic rings. The maximum absolute atomic E-state index is 15.3. The van der Waals surface area contributed by atoms with Crippen molar-refractivity contribution >= 4 is 79.1 Å². The van der Waals surface area contributed by atoms with Crippen LogP contribution in [0.3, 0.4) is 0 Å². The summed E-state index contributed by atoms with van der Waals surface area (Å²) < 4.78 is 59.1. The van der Waals surface area contributed by atoms with Gasteiger partial charge >= 0.3 is 10.2 Å². The molecule has 8 rings (SSSR count). The molecule has 5 aromatic rings. The number of piperidine rings is 2. The van der Waals surface area contributed by atoms with E-state index in [1.807, 2.05) is 29.2 Å². The third-order valence-corrected chi connectivity index (χ3v) is 14.4. The van der Waals surface area contributed by atoms with Crippen LogP contribution in [-0.4, -0.2) is 121 Å². The lowest BCUT2D eigenvalue weighted by Gasteiger charge is -2.41. The number of aromatic amines is 1. The van der Waals surface area contributed by atoms with Crippen molar-refractivity contribution in [3.8, 4) is 11.1 Å². The van der Waals surface area contributed by atoms with E-state index < -0.39 is 50.7 Å². The largest absolute Gasteiger partial charge is 0.389 e. The standard InChI is InChI=1S/C45H48ClF2N9O7S/c1-3-54(2)65(63,64)53-35-10-9-33(47)40(41(35)46)42(60)32-26-50-43-31(32)22-28(25-49-43)27-4-7-30(8-5-27)55-18-20-57(21-19-55)39(59)24-45(62)14-16-56(17-15-45)37-12-6-29(23-34(37)48)51-36-11-13-38(58)52-44(36)61/h4-10,12,22-23,25-26,36,51,53,62H,3,11,13-21,24H2,1-2H3,(H,49,50)(H,52,58,61). The molecule has 3 aromatic carbocycles. The number of hydrogen-bond donors (Lipinski definition) is 5. The van der Waals surface area contributed by atoms with Crippen LogP contribution in [-0.2, 0) is 24.6 Å². The molecule has 1 atom stereocenters. The Bertz CT molecular complexity index is 2780. The maximum Gasteiger partial charge on any atom is 0.301 e. The van der Waals surface area contributed by atoms with Gasteiger partial charge in [0, 0.05) is 99.6 Å². The van der Waals surface area contributed by atoms with Gasteiger partial charge in [-0.2, -0.15) is 12.7 Å². The number of H-pyrrole nitrogens is 1. The fraction of sp³-hybridized carbons (Fsp3) is 0.356. The smallest absolute Gasteiger partial charge is 0.301 e. The molecule has 342 valence electrons. The van der Waals surface area contributed by atoms with Crippen LogP contribution in [0.25, 0.3) is 22.2 Å². The van der Waals surface area contributed by atoms with Gasteiger partial charge in [0.2, 0.25) is 17.7 Å². The van der Waals surface area contributed by atoms with Crippen LogP contribution in [0.1, 0.15) is 54.9 Å². The number of benzene rings is 3. The Hall–Kier alpha value is -6.15. The molecule has 0 spiro atoms. The van der Waals surface area contributed by atoms with Gasteiger partial charge in [-0.25, -0.2) is 13.8 Å². The minimum atomic E-state index is -4.00. The molecular weight excluding hydrogens is 884 g/mol. The Kier molecular flexibility index (Phi) is 12.8. The monoisotopic (exact) mass is 931 g/mol. The molecular formula is C45H48ClF2N9O7S. The molecule has 0 aliphatic carbocycles. The van der Waals surface area contributed by atoms with Crippen molar-refractivity contribution in [1.82, 2.24) is 24.5 Å². The number of rotatable bonds is 13. The highest BCUT2D eigenvalue weighted by Crippen LogP contribution is 2.35. The van der Waals surface area contributed by atoms with E-state index in [2.05, 4.69) is 30.2 Å². The second kappa shape index (κ2) is 18.4. The van der Waals surface area contributed by atoms with Crippen LogP contribution in [0.4, 0.5) is 31.5 Å². The second-order valence-corrected chi connectivity index (χ2v) is 18.7. The molecule has 3 fully saturated rings. The van der Waals surface area contributed by atoms with Crippen molar-refractivity contribution in [3.63, 3.8) is 0 Å². The molecule has 65 heavy (non-hydrogen) atoms. The fourth-order valence-corrected chi connectivity index (χ4v) is 9.69. The molecule has 5 heterocycles. The molecule has 0 bridgehead atoms. The number of anilines is 4. The van der Waals surface area contributed by atoms with Crippen molar-refractivity contribution in [3.05, 3.63) is 101 Å². The van der Waals surface area contributed by atoms with E-state index in [4.69, 9.17) is 11.6 Å². The first-order chi connectivity index (χ1) is 31.0. The molecule has 0 saturated carbocycles. The lowest BCUT2D eigenvalue weighted by atomic mass is 9.87. The number of nitrogens with one attached hydrogen (secondary N) is 4. The van der Waals surface area contributed by atoms with E-state index in [9.17, 15) is 32.7 Å². The van der Waals surface area contributed by atoms with Crippen LogP contribution >= 0.6 is 11.6 Å². The van der Waals surface area contributed by atoms with Gasteiger partial charge < -0.3 is 30.1 Å². The molecule has 1 unspecified atom stereocenters. The minimum absolute atomic E-state index is 0.0353. The highest BCUT2D eigenvalue weighted by atomic mass is 35.5. The fourth-order valence-electron chi connectivity index (χ4n) is 8.41. The number of pyridine rings is 1. The summed E-state index contributed by atoms with van der Waals surface area (Å²) in [6.07, 6.45) is 4.13. The number of carbonyl (C=O) groups excluding carboxylic acids is 4. The average Bonchev–Trinajstić information content (AvgIpc) is 3.72. The normalized spacial score (nSPS) is 18.0. The topological polar surface area (TPSA) is 200 Å². The summed E-state index contributed by atoms with van der Waals surface area (Å²) >= 11 is 6.47. The highest BCUT2D eigenvalue weighted by Gasteiger charge is 2.37. The predicted octanol–water partition coefficient (Wildman–Crippen LogP) is 5.29. The first-order valence-corrected chi connectivity index (χ1v) is 23.1. The number of nitrogens with zero attached hydrogens (tertiary/aromatic N) is 5. The zero-order valence-electron chi connectivity index (χ0n) is 35.7. The molecule has 3 amide bonds. The third kappa shape index (κ3) is 9.64. The minimum Gasteiger partial charge on any atom is -0.389 e. The van der Waals surface area contributed by atoms with E-state index in [0.29, 0.717) is 73.7 Å². The van der Waals surface area contributed by atoms with Crippen LogP contribution in [0.15, 0.2) is 73.1 Å². The summed E-state index contributed by atoms with van der Waals surface area (Å²) in [6.45, 7) is 4.61. The number of halogens is 3. The summed E-state index contributed by atoms with van der Waals surface area (Å²) in [7, 11) is -2.64. The van der Waals surface area contributed by atoms with Crippen molar-refractivity contribution < 1.29 is 41.5 Å². The summed E-state index contributed by atoms with van der Waals surface area (Å²) in [5, 5.41) is 16.7. The summed E-state index contributed by atoms with van der Waals surface area (Å²) in [5.74, 6) is -3.06. The Morgan fingerprint density at radius 3 is 2.35 bits per heavy atom. The Morgan fingerprint density at radius 2 is 1.68 bits per heavy atom. The number of hydrogen-bond acceptors (Lipinski definition) is 11. The van der Waals surface area contributed by atoms with Gasteiger partial charge in [-0.1, -0.05) is 30.7 Å². The number of ketones is 1. The molecule has 20 heteroatoms. The van der Waals surface area contributed by atoms with Gasteiger partial charge in [-0.3, -0.25) is 29.2 Å². The van der Waals surface area contributed by atoms with Crippen molar-refractivity contribution in [2.24, 2.45) is 0 Å². The lowest BCUT2D eigenvalue weighted by Crippen LogP contribution is -2.52. The van der Waals surface area contributed by atoms with Crippen molar-refractivity contribution in [2.75, 3.05) is 72.7 Å². The number of imide groups is 1. The van der Waals surface area contributed by atoms with Gasteiger partial charge in [0.25, 0.3) is 0 Å². The van der Waals surface area contributed by atoms with Crippen LogP contribution in [0.5, 0.6) is 0 Å². The lowest BCUT2D eigenvalue weighted by molar-refractivity contribution is -0.138. The number of aliphatic hydroxyl groups is 1. The maximum atomic E-state index is 15.3.